The maximum atomic E-state index is 10.6. The van der Waals surface area contributed by atoms with Crippen molar-refractivity contribution in [2.45, 2.75) is 13.8 Å². The molecule has 2 aromatic carbocycles. The summed E-state index contributed by atoms with van der Waals surface area (Å²) in [6.07, 6.45) is 0.849. The summed E-state index contributed by atoms with van der Waals surface area (Å²) in [5.74, 6) is 0. The number of para-hydroxylation sites is 1. The first-order valence-electron chi connectivity index (χ1n) is 6.28. The topological polar surface area (TPSA) is 30.0 Å². The van der Waals surface area contributed by atoms with Gasteiger partial charge in [-0.2, -0.15) is 0 Å². The molecule has 3 rings (SSSR count). The van der Waals surface area contributed by atoms with Gasteiger partial charge in [-0.1, -0.05) is 50.2 Å². The number of hydrogen-bond donors (Lipinski definition) is 0. The average molecular weight is 269 g/mol. The maximum Gasteiger partial charge on any atom is 0.150 e. The third kappa shape index (κ3) is 2.88. The van der Waals surface area contributed by atoms with Crippen LogP contribution in [0.25, 0.3) is 20.8 Å². The van der Waals surface area contributed by atoms with Gasteiger partial charge in [0.25, 0.3) is 0 Å². The van der Waals surface area contributed by atoms with Gasteiger partial charge >= 0.3 is 0 Å². The molecule has 2 nitrogen and oxygen atoms in total. The molecule has 0 N–H and O–H groups in total. The van der Waals surface area contributed by atoms with E-state index in [4.69, 9.17) is 0 Å². The Morgan fingerprint density at radius 3 is 2.32 bits per heavy atom. The average Bonchev–Trinajstić information content (AvgIpc) is 2.93. The molecule has 0 aliphatic carbocycles. The lowest BCUT2D eigenvalue weighted by atomic mass is 10.1. The van der Waals surface area contributed by atoms with Crippen LogP contribution in [0.5, 0.6) is 0 Å². The van der Waals surface area contributed by atoms with Crippen molar-refractivity contribution in [1.29, 1.82) is 0 Å². The normalized spacial score (nSPS) is 9.79. The van der Waals surface area contributed by atoms with Crippen LogP contribution < -0.4 is 0 Å². The minimum absolute atomic E-state index is 0.690. The van der Waals surface area contributed by atoms with Crippen molar-refractivity contribution in [3.63, 3.8) is 0 Å². The quantitative estimate of drug-likeness (QED) is 0.625. The van der Waals surface area contributed by atoms with Gasteiger partial charge in [0.1, 0.15) is 11.3 Å². The van der Waals surface area contributed by atoms with Crippen LogP contribution in [0.2, 0.25) is 0 Å². The molecule has 0 radical (unpaired) electrons. The number of rotatable bonds is 2. The summed E-state index contributed by atoms with van der Waals surface area (Å²) in [4.78, 5) is 15.2. The molecule has 3 heteroatoms. The molecule has 0 unspecified atom stereocenters. The van der Waals surface area contributed by atoms with Crippen molar-refractivity contribution in [1.82, 2.24) is 4.98 Å². The van der Waals surface area contributed by atoms with Crippen LogP contribution in [0.15, 0.2) is 48.5 Å². The largest absolute Gasteiger partial charge is 0.298 e. The molecular weight excluding hydrogens is 254 g/mol. The van der Waals surface area contributed by atoms with E-state index in [0.717, 1.165) is 22.4 Å². The summed E-state index contributed by atoms with van der Waals surface area (Å²) in [7, 11) is 0. The van der Waals surface area contributed by atoms with Crippen molar-refractivity contribution < 1.29 is 4.79 Å². The lowest BCUT2D eigenvalue weighted by molar-refractivity contribution is 0.112. The molecule has 0 amide bonds. The third-order valence-electron chi connectivity index (χ3n) is 2.59. The number of fused-ring (bicyclic) bond motifs is 1. The Morgan fingerprint density at radius 1 is 1.00 bits per heavy atom. The number of carbonyl (C=O) groups is 1. The highest BCUT2D eigenvalue weighted by atomic mass is 32.1. The van der Waals surface area contributed by atoms with Crippen molar-refractivity contribution >= 4 is 27.8 Å². The number of carbonyl (C=O) groups excluding carboxylic acids is 1. The Labute approximate surface area is 116 Å². The molecule has 0 fully saturated rings. The predicted octanol–water partition coefficient (Wildman–Crippen LogP) is 4.80. The molecule has 0 spiro atoms. The first kappa shape index (κ1) is 13.4. The lowest BCUT2D eigenvalue weighted by Crippen LogP contribution is -1.80. The minimum Gasteiger partial charge on any atom is -0.298 e. The second kappa shape index (κ2) is 6.25. The van der Waals surface area contributed by atoms with Crippen LogP contribution in [-0.2, 0) is 0 Å². The van der Waals surface area contributed by atoms with E-state index >= 15 is 0 Å². The van der Waals surface area contributed by atoms with Gasteiger partial charge in [0, 0.05) is 11.1 Å². The van der Waals surface area contributed by atoms with Gasteiger partial charge in [0.05, 0.1) is 10.2 Å². The van der Waals surface area contributed by atoms with Gasteiger partial charge in [0.15, 0.2) is 0 Å². The number of nitrogens with zero attached hydrogens (tertiary/aromatic N) is 1. The van der Waals surface area contributed by atoms with Crippen LogP contribution in [0.1, 0.15) is 24.2 Å². The SMILES string of the molecule is CC.O=Cc1ccc(-c2nc3ccccc3s2)cc1. The van der Waals surface area contributed by atoms with Gasteiger partial charge in [-0.25, -0.2) is 4.98 Å². The molecule has 1 aromatic heterocycles. The first-order valence-corrected chi connectivity index (χ1v) is 7.10. The summed E-state index contributed by atoms with van der Waals surface area (Å²) in [6, 6.07) is 15.6. The summed E-state index contributed by atoms with van der Waals surface area (Å²) in [5.41, 5.74) is 2.76. The Bertz CT molecular complexity index is 638. The molecular formula is C16H15NOS. The van der Waals surface area contributed by atoms with E-state index in [1.54, 1.807) is 11.3 Å². The molecule has 0 aliphatic heterocycles. The molecule has 0 saturated carbocycles. The van der Waals surface area contributed by atoms with Gasteiger partial charge < -0.3 is 0 Å². The van der Waals surface area contributed by atoms with E-state index in [0.29, 0.717) is 5.56 Å². The molecule has 3 aromatic rings. The predicted molar refractivity (Wildman–Crippen MR) is 81.8 cm³/mol. The van der Waals surface area contributed by atoms with E-state index < -0.39 is 0 Å². The molecule has 0 bridgehead atoms. The van der Waals surface area contributed by atoms with Crippen molar-refractivity contribution in [2.24, 2.45) is 0 Å². The fourth-order valence-electron chi connectivity index (χ4n) is 1.70. The maximum absolute atomic E-state index is 10.6. The van der Waals surface area contributed by atoms with E-state index in [2.05, 4.69) is 11.1 Å². The Balaban J connectivity index is 0.000000637. The fraction of sp³-hybridized carbons (Fsp3) is 0.125. The second-order valence-corrected chi connectivity index (χ2v) is 4.76. The highest BCUT2D eigenvalue weighted by Gasteiger charge is 2.05. The molecule has 0 saturated heterocycles. The minimum atomic E-state index is 0.690. The molecule has 19 heavy (non-hydrogen) atoms. The zero-order valence-electron chi connectivity index (χ0n) is 11.0. The monoisotopic (exact) mass is 269 g/mol. The van der Waals surface area contributed by atoms with Gasteiger partial charge in [-0.05, 0) is 12.1 Å². The van der Waals surface area contributed by atoms with E-state index in [9.17, 15) is 4.79 Å². The zero-order chi connectivity index (χ0) is 13.7. The molecule has 1 heterocycles. The first-order chi connectivity index (χ1) is 9.36. The third-order valence-corrected chi connectivity index (χ3v) is 3.67. The van der Waals surface area contributed by atoms with Crippen LogP contribution in [0.3, 0.4) is 0 Å². The van der Waals surface area contributed by atoms with Crippen molar-refractivity contribution in [3.05, 3.63) is 54.1 Å². The van der Waals surface area contributed by atoms with E-state index in [1.807, 2.05) is 56.3 Å². The number of aromatic nitrogens is 1. The molecule has 0 aliphatic rings. The number of hydrogen-bond acceptors (Lipinski definition) is 3. The highest BCUT2D eigenvalue weighted by Crippen LogP contribution is 2.29. The van der Waals surface area contributed by atoms with Gasteiger partial charge in [-0.3, -0.25) is 4.79 Å². The lowest BCUT2D eigenvalue weighted by Gasteiger charge is -1.95. The van der Waals surface area contributed by atoms with Crippen LogP contribution in [-0.4, -0.2) is 11.3 Å². The fourth-order valence-corrected chi connectivity index (χ4v) is 2.67. The molecule has 0 atom stereocenters. The Morgan fingerprint density at radius 2 is 1.68 bits per heavy atom. The van der Waals surface area contributed by atoms with E-state index in [-0.39, 0.29) is 0 Å². The number of thiazole rings is 1. The molecule has 96 valence electrons. The van der Waals surface area contributed by atoms with Gasteiger partial charge in [-0.15, -0.1) is 11.3 Å². The van der Waals surface area contributed by atoms with Crippen LogP contribution in [0, 0.1) is 0 Å². The number of benzene rings is 2. The Hall–Kier alpha value is -2.00. The number of aldehydes is 1. The van der Waals surface area contributed by atoms with Crippen LogP contribution in [0.4, 0.5) is 0 Å². The summed E-state index contributed by atoms with van der Waals surface area (Å²) in [5, 5.41) is 0.989. The highest BCUT2D eigenvalue weighted by molar-refractivity contribution is 7.21. The summed E-state index contributed by atoms with van der Waals surface area (Å²) >= 11 is 1.66. The summed E-state index contributed by atoms with van der Waals surface area (Å²) < 4.78 is 1.18. The smallest absolute Gasteiger partial charge is 0.150 e. The van der Waals surface area contributed by atoms with E-state index in [1.165, 1.54) is 4.70 Å². The second-order valence-electron chi connectivity index (χ2n) is 3.73. The summed E-state index contributed by atoms with van der Waals surface area (Å²) in [6.45, 7) is 4.00. The zero-order valence-corrected chi connectivity index (χ0v) is 11.8. The van der Waals surface area contributed by atoms with Crippen molar-refractivity contribution in [3.8, 4) is 10.6 Å². The Kier molecular flexibility index (Phi) is 4.42. The standard InChI is InChI=1S/C14H9NOS.C2H6/c16-9-10-5-7-11(8-6-10)14-15-12-3-1-2-4-13(12)17-14;1-2/h1-9H;1-2H3. The van der Waals surface area contributed by atoms with Crippen molar-refractivity contribution in [2.75, 3.05) is 0 Å². The van der Waals surface area contributed by atoms with Crippen LogP contribution >= 0.6 is 11.3 Å². The van der Waals surface area contributed by atoms with Gasteiger partial charge in [0.2, 0.25) is 0 Å².